The first kappa shape index (κ1) is 30.4. The number of methoxy groups -OCH3 is 1. The van der Waals surface area contributed by atoms with Crippen LogP contribution in [0.5, 0.6) is 0 Å². The van der Waals surface area contributed by atoms with Crippen LogP contribution in [0.4, 0.5) is 0 Å². The lowest BCUT2D eigenvalue weighted by molar-refractivity contribution is -0.151. The molecule has 9 atom stereocenters. The predicted octanol–water partition coefficient (Wildman–Crippen LogP) is 6.26. The highest BCUT2D eigenvalue weighted by Crippen LogP contribution is 2.55. The predicted molar refractivity (Wildman–Crippen MR) is 190 cm³/mol. The van der Waals surface area contributed by atoms with Crippen molar-refractivity contribution in [3.63, 3.8) is 0 Å². The Balaban J connectivity index is 1.22. The van der Waals surface area contributed by atoms with Crippen LogP contribution >= 0.6 is 0 Å². The molecule has 2 aromatic heterocycles. The highest BCUT2D eigenvalue weighted by molar-refractivity contribution is 5.88. The summed E-state index contributed by atoms with van der Waals surface area (Å²) < 4.78 is 8.02. The zero-order valence-corrected chi connectivity index (χ0v) is 28.9. The van der Waals surface area contributed by atoms with Gasteiger partial charge in [0.15, 0.2) is 0 Å². The molecule has 7 heterocycles. The number of aromatic nitrogens is 2. The third-order valence-corrected chi connectivity index (χ3v) is 13.5. The van der Waals surface area contributed by atoms with E-state index in [9.17, 15) is 9.90 Å². The molecule has 4 aromatic rings. The van der Waals surface area contributed by atoms with Crippen LogP contribution in [-0.2, 0) is 29.4 Å². The molecular weight excluding hydrogens is 596 g/mol. The number of fused-ring (bicyclic) bond motifs is 9. The van der Waals surface area contributed by atoms with Crippen molar-refractivity contribution in [2.45, 2.75) is 63.6 Å². The summed E-state index contributed by atoms with van der Waals surface area (Å²) in [5.74, 6) is 0.648. The van der Waals surface area contributed by atoms with E-state index in [1.807, 2.05) is 0 Å². The first-order valence-corrected chi connectivity index (χ1v) is 18.0. The summed E-state index contributed by atoms with van der Waals surface area (Å²) in [6.07, 6.45) is 8.27. The third-order valence-electron chi connectivity index (χ3n) is 13.5. The standard InChI is InChI=1S/C41H48N4O3/c1-6-22-19-43(3)36-17-30-25-10-8-9-11-33(25)42-39(30)28(15-27(22)38(36)41(47)48-5)24-12-13-34-29(14-24)31-18-35-32(21-46)26-16-37(40(31)44(34)4)45(35)20-23(26)7-2/h6-14,26-28,32,35-38,42,46H,15-21H2,1-5H3/b22-6+,23-7+/t26-,27-,28?,32?,35?,36-,37-,38-/m0/s1. The lowest BCUT2D eigenvalue weighted by Crippen LogP contribution is -2.61. The van der Waals surface area contributed by atoms with Gasteiger partial charge in [-0.25, -0.2) is 0 Å². The number of rotatable bonds is 3. The Morgan fingerprint density at radius 1 is 0.958 bits per heavy atom. The zero-order valence-electron chi connectivity index (χ0n) is 28.9. The minimum Gasteiger partial charge on any atom is -0.469 e. The number of nitrogens with zero attached hydrogens (tertiary/aromatic N) is 3. The number of carbonyl (C=O) groups is 1. The number of piperidine rings is 4. The topological polar surface area (TPSA) is 73.7 Å². The molecule has 10 rings (SSSR count). The Kier molecular flexibility index (Phi) is 7.09. The largest absolute Gasteiger partial charge is 0.469 e. The molecule has 0 radical (unpaired) electrons. The van der Waals surface area contributed by atoms with Gasteiger partial charge in [0.2, 0.25) is 0 Å². The number of aliphatic hydroxyl groups excluding tert-OH is 1. The summed E-state index contributed by atoms with van der Waals surface area (Å²) >= 11 is 0. The van der Waals surface area contributed by atoms with Gasteiger partial charge in [0, 0.05) is 83.9 Å². The van der Waals surface area contributed by atoms with E-state index in [1.54, 1.807) is 7.11 Å². The number of para-hydroxylation sites is 1. The van der Waals surface area contributed by atoms with E-state index in [0.717, 1.165) is 44.3 Å². The van der Waals surface area contributed by atoms with Crippen LogP contribution < -0.4 is 0 Å². The van der Waals surface area contributed by atoms with Gasteiger partial charge >= 0.3 is 5.97 Å². The summed E-state index contributed by atoms with van der Waals surface area (Å²) in [5, 5.41) is 13.2. The molecule has 6 aliphatic rings. The van der Waals surface area contributed by atoms with Crippen LogP contribution in [0.1, 0.15) is 66.7 Å². The summed E-state index contributed by atoms with van der Waals surface area (Å²) in [6, 6.07) is 16.7. The number of likely N-dealkylation sites (N-methyl/N-ethyl adjacent to an activating group) is 1. The summed E-state index contributed by atoms with van der Waals surface area (Å²) in [4.78, 5) is 22.7. The van der Waals surface area contributed by atoms with Crippen molar-refractivity contribution >= 4 is 27.8 Å². The number of esters is 1. The zero-order chi connectivity index (χ0) is 33.0. The minimum absolute atomic E-state index is 0.0703. The number of likely N-dealkylation sites (tertiary alicyclic amines) is 1. The van der Waals surface area contributed by atoms with Crippen LogP contribution in [-0.4, -0.2) is 76.4 Å². The van der Waals surface area contributed by atoms with E-state index in [2.05, 4.69) is 102 Å². The Bertz CT molecular complexity index is 2020. The third kappa shape index (κ3) is 4.13. The second kappa shape index (κ2) is 11.2. The van der Waals surface area contributed by atoms with E-state index >= 15 is 0 Å². The number of allylic oxidation sites excluding steroid dienone is 2. The minimum atomic E-state index is -0.223. The van der Waals surface area contributed by atoms with Gasteiger partial charge in [-0.2, -0.15) is 0 Å². The van der Waals surface area contributed by atoms with Gasteiger partial charge in [-0.1, -0.05) is 47.6 Å². The number of hydrogen-bond donors (Lipinski definition) is 2. The van der Waals surface area contributed by atoms with Crippen LogP contribution in [0.25, 0.3) is 21.8 Å². The average molecular weight is 645 g/mol. The fourth-order valence-electron chi connectivity index (χ4n) is 11.3. The highest BCUT2D eigenvalue weighted by Gasteiger charge is 2.53. The number of aromatic amines is 1. The molecule has 48 heavy (non-hydrogen) atoms. The summed E-state index contributed by atoms with van der Waals surface area (Å²) in [6.45, 7) is 6.43. The molecule has 7 heteroatoms. The molecule has 5 aliphatic heterocycles. The van der Waals surface area contributed by atoms with Gasteiger partial charge in [-0.15, -0.1) is 0 Å². The SMILES string of the molecule is C/C=C1\CN2C3Cc4c(n(C)c5ccc(C6C[C@H]7/C(=C/C)CN(C)[C@@H](Cc8c6[nH]c6ccccc86)[C@H]7C(=O)OC)cc45)[C@@H]2C[C@@H]1C3CO. The number of aliphatic hydroxyl groups is 1. The molecule has 7 nitrogen and oxygen atoms in total. The van der Waals surface area contributed by atoms with Crippen molar-refractivity contribution in [1.82, 2.24) is 19.4 Å². The molecule has 4 saturated heterocycles. The number of hydrogen-bond acceptors (Lipinski definition) is 5. The van der Waals surface area contributed by atoms with Crippen LogP contribution in [0.2, 0.25) is 0 Å². The fraction of sp³-hybridized carbons (Fsp3) is 0.488. The van der Waals surface area contributed by atoms with Crippen molar-refractivity contribution in [3.8, 4) is 0 Å². The number of aryl methyl sites for hydroxylation is 1. The van der Waals surface area contributed by atoms with Crippen molar-refractivity contribution in [2.75, 3.05) is 33.9 Å². The van der Waals surface area contributed by atoms with Crippen LogP contribution in [0.3, 0.4) is 0 Å². The maximum Gasteiger partial charge on any atom is 0.310 e. The lowest BCUT2D eigenvalue weighted by atomic mass is 9.64. The van der Waals surface area contributed by atoms with Crippen molar-refractivity contribution < 1.29 is 14.6 Å². The molecule has 0 amide bonds. The van der Waals surface area contributed by atoms with Crippen molar-refractivity contribution in [3.05, 3.63) is 93.8 Å². The Hall–Kier alpha value is -3.65. The molecule has 2 aromatic carbocycles. The van der Waals surface area contributed by atoms with Crippen molar-refractivity contribution in [1.29, 1.82) is 0 Å². The highest BCUT2D eigenvalue weighted by atomic mass is 16.5. The van der Waals surface area contributed by atoms with E-state index in [4.69, 9.17) is 4.74 Å². The molecule has 250 valence electrons. The monoisotopic (exact) mass is 644 g/mol. The van der Waals surface area contributed by atoms with Crippen LogP contribution in [0, 0.1) is 23.7 Å². The molecule has 0 spiro atoms. The van der Waals surface area contributed by atoms with E-state index in [1.165, 1.54) is 55.5 Å². The van der Waals surface area contributed by atoms with Gasteiger partial charge < -0.3 is 19.4 Å². The smallest absolute Gasteiger partial charge is 0.310 e. The second-order valence-electron chi connectivity index (χ2n) is 15.3. The maximum atomic E-state index is 13.7. The number of carbonyl (C=O) groups excluding carboxylic acids is 1. The quantitative estimate of drug-likeness (QED) is 0.204. The molecule has 6 bridgehead atoms. The molecule has 4 unspecified atom stereocenters. The van der Waals surface area contributed by atoms with Gasteiger partial charge in [0.1, 0.15) is 0 Å². The Morgan fingerprint density at radius 2 is 1.73 bits per heavy atom. The Morgan fingerprint density at radius 3 is 2.50 bits per heavy atom. The normalized spacial score (nSPS) is 34.3. The van der Waals surface area contributed by atoms with E-state index < -0.39 is 0 Å². The first-order chi connectivity index (χ1) is 23.4. The lowest BCUT2D eigenvalue weighted by Gasteiger charge is -2.58. The van der Waals surface area contributed by atoms with Gasteiger partial charge in [0.05, 0.1) is 19.1 Å². The van der Waals surface area contributed by atoms with E-state index in [0.29, 0.717) is 23.9 Å². The first-order valence-electron chi connectivity index (χ1n) is 18.0. The van der Waals surface area contributed by atoms with Gasteiger partial charge in [-0.3, -0.25) is 14.6 Å². The summed E-state index contributed by atoms with van der Waals surface area (Å²) in [5.41, 5.74) is 12.2. The second-order valence-corrected chi connectivity index (χ2v) is 15.3. The number of H-pyrrole nitrogens is 1. The van der Waals surface area contributed by atoms with Crippen molar-refractivity contribution in [2.24, 2.45) is 30.7 Å². The van der Waals surface area contributed by atoms with Gasteiger partial charge in [-0.05, 0) is 93.3 Å². The van der Waals surface area contributed by atoms with Crippen LogP contribution in [0.15, 0.2) is 65.8 Å². The molecule has 2 N–H and O–H groups in total. The fourth-order valence-corrected chi connectivity index (χ4v) is 11.3. The molecule has 1 aliphatic carbocycles. The van der Waals surface area contributed by atoms with Gasteiger partial charge in [0.25, 0.3) is 0 Å². The number of ether oxygens (including phenoxy) is 1. The maximum absolute atomic E-state index is 13.7. The molecule has 4 fully saturated rings. The number of benzene rings is 2. The molecule has 0 saturated carbocycles. The van der Waals surface area contributed by atoms with E-state index in [-0.39, 0.29) is 36.4 Å². The Labute approximate surface area is 283 Å². The number of nitrogens with one attached hydrogen (secondary N) is 1. The molecular formula is C41H48N4O3. The average Bonchev–Trinajstić information content (AvgIpc) is 3.60. The summed E-state index contributed by atoms with van der Waals surface area (Å²) in [7, 11) is 5.97.